The van der Waals surface area contributed by atoms with Crippen LogP contribution in [-0.4, -0.2) is 72.2 Å². The van der Waals surface area contributed by atoms with Crippen LogP contribution in [0.2, 0.25) is 5.02 Å². The summed E-state index contributed by atoms with van der Waals surface area (Å²) in [5, 5.41) is 11.1. The molecule has 4 heterocycles. The Morgan fingerprint density at radius 1 is 1.21 bits per heavy atom. The van der Waals surface area contributed by atoms with E-state index in [1.54, 1.807) is 15.5 Å². The molecule has 0 saturated carbocycles. The molecule has 2 atom stereocenters. The first-order valence-corrected chi connectivity index (χ1v) is 14.9. The lowest BCUT2D eigenvalue weighted by Gasteiger charge is -2.42. The maximum atomic E-state index is 15.2. The van der Waals surface area contributed by atoms with E-state index in [4.69, 9.17) is 16.3 Å². The summed E-state index contributed by atoms with van der Waals surface area (Å²) >= 11 is 6.86. The van der Waals surface area contributed by atoms with Crippen molar-refractivity contribution >= 4 is 34.1 Å². The van der Waals surface area contributed by atoms with Crippen molar-refractivity contribution in [3.05, 3.63) is 69.5 Å². The lowest BCUT2D eigenvalue weighted by atomic mass is 9.96. The molecule has 2 aromatic carbocycles. The lowest BCUT2D eigenvalue weighted by Crippen LogP contribution is -2.54. The van der Waals surface area contributed by atoms with Gasteiger partial charge in [-0.2, -0.15) is 5.26 Å². The molecule has 1 aromatic heterocycles. The van der Waals surface area contributed by atoms with Crippen LogP contribution in [0.4, 0.5) is 14.5 Å². The van der Waals surface area contributed by atoms with E-state index < -0.39 is 17.2 Å². The molecule has 2 fully saturated rings. The van der Waals surface area contributed by atoms with Gasteiger partial charge in [-0.25, -0.2) is 8.78 Å². The zero-order valence-corrected chi connectivity index (χ0v) is 24.7. The number of carbonyl (C=O) groups excluding carboxylic acids is 1. The molecule has 0 N–H and O–H groups in total. The molecule has 0 bridgehead atoms. The van der Waals surface area contributed by atoms with Crippen molar-refractivity contribution in [1.29, 1.82) is 5.26 Å². The third kappa shape index (κ3) is 5.04. The van der Waals surface area contributed by atoms with Gasteiger partial charge in [-0.05, 0) is 63.6 Å². The number of ether oxygens (including phenoxy) is 1. The smallest absolute Gasteiger partial charge is 0.271 e. The van der Waals surface area contributed by atoms with Gasteiger partial charge in [0.1, 0.15) is 29.9 Å². The normalized spacial score (nSPS) is 20.3. The van der Waals surface area contributed by atoms with E-state index >= 15 is 4.39 Å². The fraction of sp³-hybridized carbons (Fsp3) is 0.406. The number of nitriles is 1. The minimum absolute atomic E-state index is 0.0151. The molecule has 1 amide bonds. The fourth-order valence-corrected chi connectivity index (χ4v) is 7.05. The molecular weight excluding hydrogens is 576 g/mol. The molecule has 6 rings (SSSR count). The number of anilines is 1. The van der Waals surface area contributed by atoms with Gasteiger partial charge in [0.05, 0.1) is 22.3 Å². The topological polar surface area (TPSA) is 81.8 Å². The van der Waals surface area contributed by atoms with Gasteiger partial charge in [0.25, 0.3) is 5.56 Å². The number of piperazine rings is 1. The molecule has 11 heteroatoms. The van der Waals surface area contributed by atoms with Crippen LogP contribution in [0.3, 0.4) is 0 Å². The number of rotatable bonds is 6. The molecule has 1 unspecified atom stereocenters. The second kappa shape index (κ2) is 11.6. The standard InChI is InChI=1S/C32H32ClF2N5O3/c1-3-27(41)38-12-13-39(19(2)17-38)29-23-15-25(33)28(22-7-6-20(34)14-26(22)35)31-30(23)40(32(42)24(29)16-36)21(18-43-31)8-11-37-9-4-5-10-37/h3,6-7,14-15,19,21H,1,4-5,8-13,17-18H2,2H3/t19-,21?/m0/s1. The monoisotopic (exact) mass is 607 g/mol. The third-order valence-electron chi connectivity index (χ3n) is 8.85. The van der Waals surface area contributed by atoms with Crippen molar-refractivity contribution in [1.82, 2.24) is 14.4 Å². The Labute approximate surface area is 253 Å². The maximum absolute atomic E-state index is 15.2. The minimum Gasteiger partial charge on any atom is -0.488 e. The largest absolute Gasteiger partial charge is 0.488 e. The van der Waals surface area contributed by atoms with Crippen LogP contribution < -0.4 is 15.2 Å². The van der Waals surface area contributed by atoms with Gasteiger partial charge >= 0.3 is 0 Å². The number of hydrogen-bond donors (Lipinski definition) is 0. The number of nitrogens with zero attached hydrogens (tertiary/aromatic N) is 5. The summed E-state index contributed by atoms with van der Waals surface area (Å²) in [6.45, 7) is 9.52. The molecule has 0 aliphatic carbocycles. The van der Waals surface area contributed by atoms with Gasteiger partial charge in [-0.15, -0.1) is 0 Å². The third-order valence-corrected chi connectivity index (χ3v) is 9.15. The average molecular weight is 608 g/mol. The van der Waals surface area contributed by atoms with E-state index in [1.165, 1.54) is 12.1 Å². The van der Waals surface area contributed by atoms with Crippen molar-refractivity contribution in [3.63, 3.8) is 0 Å². The molecule has 3 aromatic rings. The molecule has 0 radical (unpaired) electrons. The quantitative estimate of drug-likeness (QED) is 0.362. The van der Waals surface area contributed by atoms with Crippen molar-refractivity contribution < 1.29 is 18.3 Å². The molecule has 2 saturated heterocycles. The number of hydrogen-bond acceptors (Lipinski definition) is 6. The van der Waals surface area contributed by atoms with E-state index in [0.717, 1.165) is 44.6 Å². The first-order chi connectivity index (χ1) is 20.7. The van der Waals surface area contributed by atoms with Crippen molar-refractivity contribution in [2.75, 3.05) is 50.8 Å². The Hall–Kier alpha value is -3.94. The summed E-state index contributed by atoms with van der Waals surface area (Å²) in [5.41, 5.74) is 0.646. The highest BCUT2D eigenvalue weighted by atomic mass is 35.5. The van der Waals surface area contributed by atoms with E-state index in [9.17, 15) is 19.2 Å². The molecular formula is C32H32ClF2N5O3. The lowest BCUT2D eigenvalue weighted by molar-refractivity contribution is -0.126. The Morgan fingerprint density at radius 3 is 2.65 bits per heavy atom. The highest BCUT2D eigenvalue weighted by Gasteiger charge is 2.36. The summed E-state index contributed by atoms with van der Waals surface area (Å²) in [4.78, 5) is 32.6. The van der Waals surface area contributed by atoms with Gasteiger partial charge in [0.2, 0.25) is 5.91 Å². The van der Waals surface area contributed by atoms with Gasteiger partial charge in [-0.3, -0.25) is 14.2 Å². The second-order valence-electron chi connectivity index (χ2n) is 11.4. The molecule has 3 aliphatic rings. The summed E-state index contributed by atoms with van der Waals surface area (Å²) in [6, 6.07) is 6.45. The van der Waals surface area contributed by atoms with Crippen LogP contribution in [0.15, 0.2) is 41.7 Å². The summed E-state index contributed by atoms with van der Waals surface area (Å²) in [6.07, 6.45) is 4.17. The predicted molar refractivity (Wildman–Crippen MR) is 162 cm³/mol. The Balaban J connectivity index is 1.58. The first kappa shape index (κ1) is 29.1. The molecule has 3 aliphatic heterocycles. The van der Waals surface area contributed by atoms with Crippen LogP contribution in [0.25, 0.3) is 22.0 Å². The van der Waals surface area contributed by atoms with Gasteiger partial charge in [0.15, 0.2) is 5.75 Å². The van der Waals surface area contributed by atoms with Crippen molar-refractivity contribution in [2.45, 2.75) is 38.3 Å². The summed E-state index contributed by atoms with van der Waals surface area (Å²) < 4.78 is 37.0. The maximum Gasteiger partial charge on any atom is 0.271 e. The van der Waals surface area contributed by atoms with Crippen LogP contribution in [-0.2, 0) is 4.79 Å². The van der Waals surface area contributed by atoms with E-state index in [0.29, 0.717) is 42.6 Å². The van der Waals surface area contributed by atoms with Gasteiger partial charge < -0.3 is 19.4 Å². The highest BCUT2D eigenvalue weighted by molar-refractivity contribution is 6.35. The highest BCUT2D eigenvalue weighted by Crippen LogP contribution is 2.48. The molecule has 0 spiro atoms. The number of likely N-dealkylation sites (tertiary alicyclic amines) is 1. The summed E-state index contributed by atoms with van der Waals surface area (Å²) in [7, 11) is 0. The zero-order chi connectivity index (χ0) is 30.4. The van der Waals surface area contributed by atoms with Crippen LogP contribution in [0.5, 0.6) is 5.75 Å². The number of aromatic nitrogens is 1. The van der Waals surface area contributed by atoms with Crippen LogP contribution >= 0.6 is 11.6 Å². The SMILES string of the molecule is C=CC(=O)N1CCN(c2c(C#N)c(=O)n3c4c(c(-c5ccc(F)cc5F)c(Cl)cc24)OCC3CCN2CCCC2)[C@@H](C)C1. The summed E-state index contributed by atoms with van der Waals surface area (Å²) in [5.74, 6) is -1.50. The molecule has 8 nitrogen and oxygen atoms in total. The van der Waals surface area contributed by atoms with Gasteiger partial charge in [-0.1, -0.05) is 18.2 Å². The first-order valence-electron chi connectivity index (χ1n) is 14.6. The van der Waals surface area contributed by atoms with E-state index in [-0.39, 0.29) is 52.1 Å². The molecule has 43 heavy (non-hydrogen) atoms. The Bertz CT molecular complexity index is 1730. The number of benzene rings is 2. The average Bonchev–Trinajstić information content (AvgIpc) is 3.52. The number of carbonyl (C=O) groups is 1. The Kier molecular flexibility index (Phi) is 7.88. The van der Waals surface area contributed by atoms with Gasteiger partial charge in [0, 0.05) is 54.8 Å². The van der Waals surface area contributed by atoms with Crippen LogP contribution in [0.1, 0.15) is 37.8 Å². The van der Waals surface area contributed by atoms with Crippen molar-refractivity contribution in [3.8, 4) is 22.9 Å². The van der Waals surface area contributed by atoms with Crippen LogP contribution in [0, 0.1) is 23.0 Å². The van der Waals surface area contributed by atoms with E-state index in [1.807, 2.05) is 11.8 Å². The van der Waals surface area contributed by atoms with E-state index in [2.05, 4.69) is 17.5 Å². The predicted octanol–water partition coefficient (Wildman–Crippen LogP) is 5.11. The second-order valence-corrected chi connectivity index (χ2v) is 11.8. The number of pyridine rings is 1. The minimum atomic E-state index is -0.809. The zero-order valence-electron chi connectivity index (χ0n) is 23.9. The fourth-order valence-electron chi connectivity index (χ4n) is 6.75. The van der Waals surface area contributed by atoms with Crippen molar-refractivity contribution in [2.24, 2.45) is 0 Å². The number of halogens is 3. The molecule has 224 valence electrons. The Morgan fingerprint density at radius 2 is 1.98 bits per heavy atom. The number of amides is 1.